The third-order valence-corrected chi connectivity index (χ3v) is 6.44. The lowest BCUT2D eigenvalue weighted by Crippen LogP contribution is -2.29. The first-order valence-corrected chi connectivity index (χ1v) is 11.3. The quantitative estimate of drug-likeness (QED) is 0.572. The molecule has 0 heterocycles. The van der Waals surface area contributed by atoms with E-state index < -0.39 is 15.9 Å². The molecule has 162 valence electrons. The van der Waals surface area contributed by atoms with E-state index in [4.69, 9.17) is 4.74 Å². The molecule has 3 rings (SSSR count). The van der Waals surface area contributed by atoms with Gasteiger partial charge in [-0.05, 0) is 69.3 Å². The van der Waals surface area contributed by atoms with Gasteiger partial charge in [0.2, 0.25) is 0 Å². The first-order valence-electron chi connectivity index (χ1n) is 9.91. The molecule has 31 heavy (non-hydrogen) atoms. The Bertz CT molecular complexity index is 1150. The lowest BCUT2D eigenvalue weighted by atomic mass is 10.1. The summed E-state index contributed by atoms with van der Waals surface area (Å²) in [6.45, 7) is 5.77. The first-order chi connectivity index (χ1) is 14.7. The molecule has 0 saturated heterocycles. The van der Waals surface area contributed by atoms with Gasteiger partial charge in [-0.1, -0.05) is 29.8 Å². The Morgan fingerprint density at radius 2 is 1.55 bits per heavy atom. The van der Waals surface area contributed by atoms with Crippen LogP contribution in [0.5, 0.6) is 5.75 Å². The molecule has 0 bridgehead atoms. The SMILES string of the molecule is Cc1ccc(S(=O)(=O)N(C)c2ccccc2C(=O)Nc2ccc(OC(C)C)cc2)cc1. The fourth-order valence-corrected chi connectivity index (χ4v) is 4.24. The summed E-state index contributed by atoms with van der Waals surface area (Å²) in [6.07, 6.45) is 0.0540. The Kier molecular flexibility index (Phi) is 6.65. The van der Waals surface area contributed by atoms with Crippen LogP contribution in [0.2, 0.25) is 0 Å². The van der Waals surface area contributed by atoms with Crippen LogP contribution >= 0.6 is 0 Å². The van der Waals surface area contributed by atoms with Crippen LogP contribution in [0.4, 0.5) is 11.4 Å². The lowest BCUT2D eigenvalue weighted by Gasteiger charge is -2.22. The van der Waals surface area contributed by atoms with Crippen LogP contribution in [0.15, 0.2) is 77.7 Å². The Labute approximate surface area is 183 Å². The first kappa shape index (κ1) is 22.4. The number of carbonyl (C=O) groups is 1. The maximum Gasteiger partial charge on any atom is 0.264 e. The van der Waals surface area contributed by atoms with Crippen molar-refractivity contribution in [3.63, 3.8) is 0 Å². The van der Waals surface area contributed by atoms with Crippen LogP contribution in [-0.2, 0) is 10.0 Å². The van der Waals surface area contributed by atoms with Crippen molar-refractivity contribution in [2.45, 2.75) is 31.8 Å². The van der Waals surface area contributed by atoms with E-state index >= 15 is 0 Å². The molecule has 0 fully saturated rings. The number of nitrogens with one attached hydrogen (secondary N) is 1. The minimum Gasteiger partial charge on any atom is -0.491 e. The van der Waals surface area contributed by atoms with Crippen LogP contribution < -0.4 is 14.4 Å². The van der Waals surface area contributed by atoms with E-state index in [-0.39, 0.29) is 16.6 Å². The minimum absolute atomic E-state index is 0.0540. The van der Waals surface area contributed by atoms with Crippen LogP contribution in [0.3, 0.4) is 0 Å². The predicted octanol–water partition coefficient (Wildman–Crippen LogP) is 4.86. The van der Waals surface area contributed by atoms with E-state index in [0.717, 1.165) is 9.87 Å². The van der Waals surface area contributed by atoms with Gasteiger partial charge in [-0.3, -0.25) is 9.10 Å². The number of hydrogen-bond donors (Lipinski definition) is 1. The monoisotopic (exact) mass is 438 g/mol. The van der Waals surface area contributed by atoms with Gasteiger partial charge in [0.05, 0.1) is 22.3 Å². The highest BCUT2D eigenvalue weighted by Crippen LogP contribution is 2.27. The Morgan fingerprint density at radius 3 is 2.16 bits per heavy atom. The van der Waals surface area contributed by atoms with Crippen LogP contribution in [-0.4, -0.2) is 27.5 Å². The van der Waals surface area contributed by atoms with Crippen molar-refractivity contribution in [1.29, 1.82) is 0 Å². The number of carbonyl (C=O) groups excluding carboxylic acids is 1. The highest BCUT2D eigenvalue weighted by Gasteiger charge is 2.25. The molecule has 0 spiro atoms. The minimum atomic E-state index is -3.82. The van der Waals surface area contributed by atoms with Gasteiger partial charge >= 0.3 is 0 Å². The van der Waals surface area contributed by atoms with E-state index in [2.05, 4.69) is 5.32 Å². The highest BCUT2D eigenvalue weighted by molar-refractivity contribution is 7.92. The Balaban J connectivity index is 1.85. The molecule has 0 aromatic heterocycles. The molecular formula is C24H26N2O4S. The maximum atomic E-state index is 13.1. The second kappa shape index (κ2) is 9.22. The van der Waals surface area contributed by atoms with Crippen molar-refractivity contribution in [2.75, 3.05) is 16.7 Å². The van der Waals surface area contributed by atoms with Crippen LogP contribution in [0, 0.1) is 6.92 Å². The summed E-state index contributed by atoms with van der Waals surface area (Å²) in [4.78, 5) is 13.1. The van der Waals surface area contributed by atoms with Crippen molar-refractivity contribution in [2.24, 2.45) is 0 Å². The van der Waals surface area contributed by atoms with Gasteiger partial charge in [-0.15, -0.1) is 0 Å². The molecule has 0 unspecified atom stereocenters. The topological polar surface area (TPSA) is 75.7 Å². The predicted molar refractivity (Wildman–Crippen MR) is 123 cm³/mol. The van der Waals surface area contributed by atoms with Gasteiger partial charge in [0.25, 0.3) is 15.9 Å². The standard InChI is InChI=1S/C24H26N2O4S/c1-17(2)30-20-13-11-19(12-14-20)25-24(27)22-7-5-6-8-23(22)26(4)31(28,29)21-15-9-18(3)10-16-21/h5-17H,1-4H3,(H,25,27). The van der Waals surface area contributed by atoms with Crippen molar-refractivity contribution in [3.05, 3.63) is 83.9 Å². The highest BCUT2D eigenvalue weighted by atomic mass is 32.2. The number of amides is 1. The van der Waals surface area contributed by atoms with Crippen LogP contribution in [0.1, 0.15) is 29.8 Å². The molecule has 0 saturated carbocycles. The third kappa shape index (κ3) is 5.24. The number of aryl methyl sites for hydroxylation is 1. The number of rotatable bonds is 7. The number of hydrogen-bond acceptors (Lipinski definition) is 4. The average Bonchev–Trinajstić information content (AvgIpc) is 2.74. The summed E-state index contributed by atoms with van der Waals surface area (Å²) < 4.78 is 32.9. The Morgan fingerprint density at radius 1 is 0.935 bits per heavy atom. The summed E-state index contributed by atoms with van der Waals surface area (Å²) >= 11 is 0. The van der Waals surface area contributed by atoms with Crippen molar-refractivity contribution >= 4 is 27.3 Å². The molecule has 3 aromatic rings. The third-order valence-electron chi connectivity index (χ3n) is 4.65. The number of benzene rings is 3. The zero-order chi connectivity index (χ0) is 22.6. The smallest absolute Gasteiger partial charge is 0.264 e. The molecule has 0 aliphatic rings. The molecule has 7 heteroatoms. The summed E-state index contributed by atoms with van der Waals surface area (Å²) in [5, 5.41) is 2.82. The summed E-state index contributed by atoms with van der Waals surface area (Å²) in [6, 6.07) is 20.2. The van der Waals surface area contributed by atoms with Gasteiger partial charge in [-0.2, -0.15) is 0 Å². The largest absolute Gasteiger partial charge is 0.491 e. The zero-order valence-electron chi connectivity index (χ0n) is 18.0. The summed E-state index contributed by atoms with van der Waals surface area (Å²) in [7, 11) is -2.37. The number of ether oxygens (including phenoxy) is 1. The molecule has 0 radical (unpaired) electrons. The number of para-hydroxylation sites is 1. The zero-order valence-corrected chi connectivity index (χ0v) is 18.8. The average molecular weight is 439 g/mol. The normalized spacial score (nSPS) is 11.3. The number of anilines is 2. The van der Waals surface area contributed by atoms with Gasteiger partial charge in [0.15, 0.2) is 0 Å². The molecule has 1 amide bonds. The summed E-state index contributed by atoms with van der Waals surface area (Å²) in [5.41, 5.74) is 2.09. The number of sulfonamides is 1. The van der Waals surface area contributed by atoms with E-state index in [1.165, 1.54) is 7.05 Å². The number of nitrogens with zero attached hydrogens (tertiary/aromatic N) is 1. The van der Waals surface area contributed by atoms with Crippen molar-refractivity contribution < 1.29 is 17.9 Å². The molecule has 3 aromatic carbocycles. The summed E-state index contributed by atoms with van der Waals surface area (Å²) in [5.74, 6) is 0.302. The maximum absolute atomic E-state index is 13.1. The second-order valence-corrected chi connectivity index (χ2v) is 9.42. The molecule has 6 nitrogen and oxygen atoms in total. The van der Waals surface area contributed by atoms with Crippen molar-refractivity contribution in [1.82, 2.24) is 0 Å². The Hall–Kier alpha value is -3.32. The van der Waals surface area contributed by atoms with Gasteiger partial charge < -0.3 is 10.1 Å². The van der Waals surface area contributed by atoms with Crippen LogP contribution in [0.25, 0.3) is 0 Å². The van der Waals surface area contributed by atoms with E-state index in [0.29, 0.717) is 17.1 Å². The molecule has 0 atom stereocenters. The van der Waals surface area contributed by atoms with Gasteiger partial charge in [0.1, 0.15) is 5.75 Å². The van der Waals surface area contributed by atoms with Gasteiger partial charge in [-0.25, -0.2) is 8.42 Å². The van der Waals surface area contributed by atoms with E-state index in [1.807, 2.05) is 20.8 Å². The molecule has 0 aliphatic heterocycles. The molecular weight excluding hydrogens is 412 g/mol. The fourth-order valence-electron chi connectivity index (χ4n) is 3.03. The lowest BCUT2D eigenvalue weighted by molar-refractivity contribution is 0.102. The fraction of sp³-hybridized carbons (Fsp3) is 0.208. The second-order valence-electron chi connectivity index (χ2n) is 7.45. The van der Waals surface area contributed by atoms with E-state index in [1.54, 1.807) is 72.8 Å². The van der Waals surface area contributed by atoms with E-state index in [9.17, 15) is 13.2 Å². The molecule has 1 N–H and O–H groups in total. The van der Waals surface area contributed by atoms with Crippen molar-refractivity contribution in [3.8, 4) is 5.75 Å². The molecule has 0 aliphatic carbocycles. The van der Waals surface area contributed by atoms with Gasteiger partial charge in [0, 0.05) is 12.7 Å².